The predicted molar refractivity (Wildman–Crippen MR) is 107 cm³/mol. The summed E-state index contributed by atoms with van der Waals surface area (Å²) in [6.07, 6.45) is 2.42. The molecule has 1 fully saturated rings. The van der Waals surface area contributed by atoms with Crippen molar-refractivity contribution in [3.05, 3.63) is 65.2 Å². The topological polar surface area (TPSA) is 120 Å². The van der Waals surface area contributed by atoms with E-state index in [1.165, 1.54) is 6.08 Å². The van der Waals surface area contributed by atoms with Crippen molar-refractivity contribution in [1.29, 1.82) is 0 Å². The third kappa shape index (κ3) is 3.93. The summed E-state index contributed by atoms with van der Waals surface area (Å²) >= 11 is 0. The summed E-state index contributed by atoms with van der Waals surface area (Å²) < 4.78 is 5.08. The second-order valence-electron chi connectivity index (χ2n) is 6.04. The van der Waals surface area contributed by atoms with Crippen LogP contribution < -0.4 is 17.2 Å². The third-order valence-corrected chi connectivity index (χ3v) is 4.53. The van der Waals surface area contributed by atoms with E-state index in [4.69, 9.17) is 10.5 Å². The van der Waals surface area contributed by atoms with Gasteiger partial charge in [-0.05, 0) is 35.8 Å². The quantitative estimate of drug-likeness (QED) is 0.561. The lowest BCUT2D eigenvalue weighted by molar-refractivity contribution is -0.124. The molecule has 0 bridgehead atoms. The molecule has 6 N–H and O–H groups in total. The first-order valence-corrected chi connectivity index (χ1v) is 8.32. The smallest absolute Gasteiger partial charge is 0.417 e. The minimum atomic E-state index is -0.629. The number of benzene rings is 2. The molecule has 1 saturated heterocycles. The van der Waals surface area contributed by atoms with E-state index in [2.05, 4.69) is 5.32 Å². The third-order valence-electron chi connectivity index (χ3n) is 4.53. The van der Waals surface area contributed by atoms with Gasteiger partial charge < -0.3 is 21.9 Å². The molecule has 2 aromatic rings. The van der Waals surface area contributed by atoms with Gasteiger partial charge in [-0.3, -0.25) is 4.79 Å². The summed E-state index contributed by atoms with van der Waals surface area (Å²) in [4.78, 5) is 25.8. The summed E-state index contributed by atoms with van der Waals surface area (Å²) in [5.74, 6) is -0.419. The molecule has 7 nitrogen and oxygen atoms in total. The number of hydrogen-bond acceptors (Lipinski definition) is 6. The van der Waals surface area contributed by atoms with Crippen LogP contribution in [0.15, 0.2) is 48.5 Å². The summed E-state index contributed by atoms with van der Waals surface area (Å²) in [6.45, 7) is 2.04. The number of nitrogens with zero attached hydrogens (tertiary/aromatic N) is 1. The fraction of sp³-hybridized carbons (Fsp3) is 0.200. The van der Waals surface area contributed by atoms with Crippen molar-refractivity contribution >= 4 is 29.5 Å². The Morgan fingerprint density at radius 3 is 2.63 bits per heavy atom. The van der Waals surface area contributed by atoms with Crippen LogP contribution in [-0.2, 0) is 9.53 Å². The summed E-state index contributed by atoms with van der Waals surface area (Å²) in [5.41, 5.74) is 10.1. The molecular formula is C20H24N4O3. The summed E-state index contributed by atoms with van der Waals surface area (Å²) in [6, 6.07) is 12.7. The number of carbonyl (C=O) groups excluding carboxylic acids is 2. The van der Waals surface area contributed by atoms with Gasteiger partial charge in [0.25, 0.3) is 5.91 Å². The van der Waals surface area contributed by atoms with Crippen molar-refractivity contribution in [2.45, 2.75) is 13.0 Å². The molecule has 7 heteroatoms. The Kier molecular flexibility index (Phi) is 6.20. The Hall–Kier alpha value is -3.32. The zero-order valence-corrected chi connectivity index (χ0v) is 15.4. The molecule has 1 atom stereocenters. The molecule has 3 rings (SSSR count). The van der Waals surface area contributed by atoms with E-state index in [1.54, 1.807) is 13.1 Å². The first-order valence-electron chi connectivity index (χ1n) is 8.32. The van der Waals surface area contributed by atoms with Gasteiger partial charge in [0.2, 0.25) is 0 Å². The van der Waals surface area contributed by atoms with Crippen molar-refractivity contribution < 1.29 is 14.3 Å². The Labute approximate surface area is 158 Å². The molecule has 27 heavy (non-hydrogen) atoms. The largest absolute Gasteiger partial charge is 0.446 e. The fourth-order valence-corrected chi connectivity index (χ4v) is 2.97. The fourth-order valence-electron chi connectivity index (χ4n) is 2.97. The Bertz CT molecular complexity index is 865. The number of hydrogen-bond donors (Lipinski definition) is 3. The van der Waals surface area contributed by atoms with E-state index >= 15 is 0 Å². The van der Waals surface area contributed by atoms with Crippen molar-refractivity contribution in [2.24, 2.45) is 0 Å². The number of cyclic esters (lactones) is 1. The molecule has 142 valence electrons. The van der Waals surface area contributed by atoms with Gasteiger partial charge in [-0.25, -0.2) is 9.69 Å². The molecule has 0 aliphatic carbocycles. The highest BCUT2D eigenvalue weighted by Crippen LogP contribution is 2.29. The molecule has 0 aromatic heterocycles. The number of ether oxygens (including phenoxy) is 1. The van der Waals surface area contributed by atoms with Gasteiger partial charge in [-0.2, -0.15) is 0 Å². The van der Waals surface area contributed by atoms with Crippen molar-refractivity contribution in [2.75, 3.05) is 24.7 Å². The van der Waals surface area contributed by atoms with Crippen LogP contribution in [0.5, 0.6) is 0 Å². The zero-order chi connectivity index (χ0) is 18.7. The number of nitrogen functional groups attached to an aromatic ring is 1. The first kappa shape index (κ1) is 20.0. The Balaban J connectivity index is 0.00000261. The molecular weight excluding hydrogens is 344 g/mol. The lowest BCUT2D eigenvalue weighted by Crippen LogP contribution is -2.32. The molecule has 2 amide bonds. The highest BCUT2D eigenvalue weighted by molar-refractivity contribution is 6.02. The highest BCUT2D eigenvalue weighted by atomic mass is 16.6. The summed E-state index contributed by atoms with van der Waals surface area (Å²) in [5, 5.41) is 3.02. The maximum atomic E-state index is 12.6. The van der Waals surface area contributed by atoms with Crippen LogP contribution in [0.2, 0.25) is 0 Å². The molecule has 1 aliphatic rings. The molecule has 0 spiro atoms. The lowest BCUT2D eigenvalue weighted by Gasteiger charge is -2.18. The average Bonchev–Trinajstić information content (AvgIpc) is 3.05. The second-order valence-corrected chi connectivity index (χ2v) is 6.04. The van der Waals surface area contributed by atoms with Crippen LogP contribution in [0.1, 0.15) is 22.7 Å². The standard InChI is InChI=1S/C20H21N3O3.H3N/c1-13-14(8-10-16(22-2)19(13)21)9-11-18(24)23-17(12-26-20(23)25)15-6-4-3-5-7-15;/h3-11,17,22H,12,21H2,1-2H3;1H3/b11-9+;/t17-;/m1./s1. The molecule has 1 heterocycles. The number of rotatable bonds is 4. The van der Waals surface area contributed by atoms with Gasteiger partial charge in [0.1, 0.15) is 12.6 Å². The van der Waals surface area contributed by atoms with Crippen LogP contribution in [0, 0.1) is 6.92 Å². The molecule has 0 saturated carbocycles. The van der Waals surface area contributed by atoms with Gasteiger partial charge in [-0.15, -0.1) is 0 Å². The van der Waals surface area contributed by atoms with E-state index in [1.807, 2.05) is 49.4 Å². The maximum Gasteiger partial charge on any atom is 0.417 e. The molecule has 0 unspecified atom stereocenters. The van der Waals surface area contributed by atoms with Gasteiger partial charge in [0.15, 0.2) is 0 Å². The minimum Gasteiger partial charge on any atom is -0.446 e. The van der Waals surface area contributed by atoms with Crippen molar-refractivity contribution in [1.82, 2.24) is 11.1 Å². The van der Waals surface area contributed by atoms with Crippen molar-refractivity contribution in [3.8, 4) is 0 Å². The van der Waals surface area contributed by atoms with Gasteiger partial charge >= 0.3 is 6.09 Å². The van der Waals surface area contributed by atoms with E-state index < -0.39 is 18.0 Å². The monoisotopic (exact) mass is 368 g/mol. The van der Waals surface area contributed by atoms with E-state index in [9.17, 15) is 9.59 Å². The maximum absolute atomic E-state index is 12.6. The average molecular weight is 368 g/mol. The number of nitrogens with two attached hydrogens (primary N) is 1. The number of anilines is 2. The van der Waals surface area contributed by atoms with E-state index in [-0.39, 0.29) is 12.8 Å². The Morgan fingerprint density at radius 1 is 1.26 bits per heavy atom. The minimum absolute atomic E-state index is 0. The SMILES string of the molecule is CNc1ccc(/C=C/C(=O)N2C(=O)OC[C@@H]2c2ccccc2)c(C)c1N.N. The van der Waals surface area contributed by atoms with Gasteiger partial charge in [0, 0.05) is 13.1 Å². The van der Waals surface area contributed by atoms with Crippen LogP contribution in [0.4, 0.5) is 16.2 Å². The van der Waals surface area contributed by atoms with Gasteiger partial charge in [-0.1, -0.05) is 36.4 Å². The first-order chi connectivity index (χ1) is 12.5. The predicted octanol–water partition coefficient (Wildman–Crippen LogP) is 3.51. The van der Waals surface area contributed by atoms with Crippen LogP contribution >= 0.6 is 0 Å². The van der Waals surface area contributed by atoms with Crippen LogP contribution in [0.3, 0.4) is 0 Å². The normalized spacial score (nSPS) is 16.1. The zero-order valence-electron chi connectivity index (χ0n) is 15.4. The Morgan fingerprint density at radius 2 is 1.96 bits per heavy atom. The van der Waals surface area contributed by atoms with Gasteiger partial charge in [0.05, 0.1) is 11.4 Å². The number of carbonyl (C=O) groups is 2. The van der Waals surface area contributed by atoms with E-state index in [0.29, 0.717) is 5.69 Å². The summed E-state index contributed by atoms with van der Waals surface area (Å²) in [7, 11) is 1.80. The molecule has 1 aliphatic heterocycles. The number of amides is 2. The van der Waals surface area contributed by atoms with Crippen LogP contribution in [0.25, 0.3) is 6.08 Å². The second kappa shape index (κ2) is 8.37. The highest BCUT2D eigenvalue weighted by Gasteiger charge is 2.37. The molecule has 0 radical (unpaired) electrons. The van der Waals surface area contributed by atoms with Crippen molar-refractivity contribution in [3.63, 3.8) is 0 Å². The van der Waals surface area contributed by atoms with Crippen LogP contribution in [-0.4, -0.2) is 30.6 Å². The lowest BCUT2D eigenvalue weighted by atomic mass is 10.0. The number of nitrogens with one attached hydrogen (secondary N) is 1. The molecule has 2 aromatic carbocycles. The van der Waals surface area contributed by atoms with E-state index in [0.717, 1.165) is 27.3 Å². The number of imide groups is 1.